The molecular formula is C17H27NO2. The number of β-amino-alcohol motifs (C(OH)–C–C–N with tert-alkyl or cyclic N) is 1. The Labute approximate surface area is 122 Å². The highest BCUT2D eigenvalue weighted by molar-refractivity contribution is 5.38. The van der Waals surface area contributed by atoms with Crippen LogP contribution in [0.4, 0.5) is 0 Å². The second-order valence-corrected chi connectivity index (χ2v) is 6.31. The summed E-state index contributed by atoms with van der Waals surface area (Å²) in [5, 5.41) is 10.5. The molecule has 2 unspecified atom stereocenters. The van der Waals surface area contributed by atoms with Crippen molar-refractivity contribution in [1.29, 1.82) is 0 Å². The number of aliphatic hydroxyl groups is 1. The quantitative estimate of drug-likeness (QED) is 0.898. The highest BCUT2D eigenvalue weighted by Crippen LogP contribution is 2.29. The summed E-state index contributed by atoms with van der Waals surface area (Å²) in [6.45, 7) is 9.50. The van der Waals surface area contributed by atoms with Gasteiger partial charge in [0.05, 0.1) is 13.2 Å². The van der Waals surface area contributed by atoms with E-state index in [1.807, 2.05) is 25.1 Å². The van der Waals surface area contributed by atoms with Crippen LogP contribution >= 0.6 is 0 Å². The average Bonchev–Trinajstić information content (AvgIpc) is 2.87. The molecule has 1 aromatic carbocycles. The highest BCUT2D eigenvalue weighted by atomic mass is 16.5. The molecule has 1 aliphatic heterocycles. The molecule has 2 atom stereocenters. The maximum absolute atomic E-state index is 10.5. The van der Waals surface area contributed by atoms with Crippen molar-refractivity contribution in [3.8, 4) is 5.75 Å². The minimum absolute atomic E-state index is 0.476. The van der Waals surface area contributed by atoms with Gasteiger partial charge in [-0.15, -0.1) is 0 Å². The molecule has 0 aromatic heterocycles. The molecule has 0 saturated carbocycles. The molecule has 3 nitrogen and oxygen atoms in total. The Morgan fingerprint density at radius 3 is 2.75 bits per heavy atom. The number of methoxy groups -OCH3 is 1. The summed E-state index contributed by atoms with van der Waals surface area (Å²) in [6.07, 6.45) is 0.769. The number of aliphatic hydroxyl groups excluding tert-OH is 1. The zero-order valence-corrected chi connectivity index (χ0v) is 13.1. The van der Waals surface area contributed by atoms with E-state index in [-0.39, 0.29) is 0 Å². The van der Waals surface area contributed by atoms with E-state index in [1.54, 1.807) is 7.11 Å². The first-order valence-electron chi connectivity index (χ1n) is 7.56. The van der Waals surface area contributed by atoms with Crippen molar-refractivity contribution in [2.45, 2.75) is 33.3 Å². The Bertz CT molecular complexity index is 445. The van der Waals surface area contributed by atoms with Crippen LogP contribution in [-0.4, -0.2) is 36.8 Å². The first-order chi connectivity index (χ1) is 9.51. The van der Waals surface area contributed by atoms with Gasteiger partial charge in [0.2, 0.25) is 0 Å². The van der Waals surface area contributed by atoms with E-state index in [0.717, 1.165) is 41.8 Å². The minimum Gasteiger partial charge on any atom is -0.496 e. The second kappa shape index (κ2) is 6.59. The molecule has 0 bridgehead atoms. The van der Waals surface area contributed by atoms with Crippen LogP contribution in [0, 0.1) is 18.8 Å². The molecule has 112 valence electrons. The number of likely N-dealkylation sites (tertiary alicyclic amines) is 1. The van der Waals surface area contributed by atoms with Crippen molar-refractivity contribution in [2.24, 2.45) is 11.8 Å². The maximum atomic E-state index is 10.5. The maximum Gasteiger partial charge on any atom is 0.124 e. The molecule has 0 amide bonds. The zero-order valence-electron chi connectivity index (χ0n) is 13.1. The summed E-state index contributed by atoms with van der Waals surface area (Å²) in [6, 6.07) is 5.98. The third-order valence-corrected chi connectivity index (χ3v) is 4.43. The molecule has 1 aliphatic rings. The lowest BCUT2D eigenvalue weighted by Gasteiger charge is -2.22. The van der Waals surface area contributed by atoms with Gasteiger partial charge < -0.3 is 14.7 Å². The lowest BCUT2D eigenvalue weighted by molar-refractivity contribution is 0.120. The average molecular weight is 277 g/mol. The van der Waals surface area contributed by atoms with E-state index in [9.17, 15) is 5.11 Å². The molecule has 2 rings (SSSR count). The topological polar surface area (TPSA) is 32.7 Å². The van der Waals surface area contributed by atoms with Gasteiger partial charge in [0.25, 0.3) is 0 Å². The van der Waals surface area contributed by atoms with Crippen LogP contribution < -0.4 is 4.74 Å². The van der Waals surface area contributed by atoms with Gasteiger partial charge in [-0.2, -0.15) is 0 Å². The predicted octanol–water partition coefficient (Wildman–Crippen LogP) is 3.01. The van der Waals surface area contributed by atoms with Crippen LogP contribution in [0.5, 0.6) is 5.75 Å². The van der Waals surface area contributed by atoms with Crippen molar-refractivity contribution in [2.75, 3.05) is 26.7 Å². The molecule has 1 aromatic rings. The van der Waals surface area contributed by atoms with Crippen molar-refractivity contribution in [3.05, 3.63) is 29.3 Å². The van der Waals surface area contributed by atoms with E-state index in [1.165, 1.54) is 6.42 Å². The molecule has 1 N–H and O–H groups in total. The molecule has 0 aliphatic carbocycles. The fraction of sp³-hybridized carbons (Fsp3) is 0.647. The number of aryl methyl sites for hydroxylation is 1. The van der Waals surface area contributed by atoms with Gasteiger partial charge in [-0.3, -0.25) is 0 Å². The predicted molar refractivity (Wildman–Crippen MR) is 82.1 cm³/mol. The van der Waals surface area contributed by atoms with E-state index < -0.39 is 6.10 Å². The van der Waals surface area contributed by atoms with Gasteiger partial charge in [-0.25, -0.2) is 0 Å². The van der Waals surface area contributed by atoms with E-state index in [2.05, 4.69) is 18.7 Å². The number of rotatable bonds is 5. The Balaban J connectivity index is 2.02. The first kappa shape index (κ1) is 15.3. The molecule has 1 fully saturated rings. The van der Waals surface area contributed by atoms with E-state index >= 15 is 0 Å². The molecule has 3 heteroatoms. The minimum atomic E-state index is -0.476. The SMILES string of the molecule is COc1ccc(C)cc1C(O)CN1CCC(C(C)C)C1. The van der Waals surface area contributed by atoms with Gasteiger partial charge in [-0.05, 0) is 43.9 Å². The number of hydrogen-bond acceptors (Lipinski definition) is 3. The largest absolute Gasteiger partial charge is 0.496 e. The number of benzene rings is 1. The summed E-state index contributed by atoms with van der Waals surface area (Å²) >= 11 is 0. The monoisotopic (exact) mass is 277 g/mol. The lowest BCUT2D eigenvalue weighted by atomic mass is 9.95. The second-order valence-electron chi connectivity index (χ2n) is 6.31. The lowest BCUT2D eigenvalue weighted by Crippen LogP contribution is -2.27. The van der Waals surface area contributed by atoms with Crippen LogP contribution in [0.3, 0.4) is 0 Å². The third kappa shape index (κ3) is 3.53. The van der Waals surface area contributed by atoms with Crippen LogP contribution in [0.15, 0.2) is 18.2 Å². The molecule has 20 heavy (non-hydrogen) atoms. The summed E-state index contributed by atoms with van der Waals surface area (Å²) in [5.74, 6) is 2.27. The van der Waals surface area contributed by atoms with Crippen LogP contribution in [0.1, 0.15) is 37.5 Å². The first-order valence-corrected chi connectivity index (χ1v) is 7.56. The van der Waals surface area contributed by atoms with Gasteiger partial charge in [0.15, 0.2) is 0 Å². The standard InChI is InChI=1S/C17H27NO2/c1-12(2)14-7-8-18(10-14)11-16(19)15-9-13(3)5-6-17(15)20-4/h5-6,9,12,14,16,19H,7-8,10-11H2,1-4H3. The molecule has 1 saturated heterocycles. The Morgan fingerprint density at radius 2 is 2.15 bits per heavy atom. The molecule has 0 spiro atoms. The van der Waals surface area contributed by atoms with Crippen molar-refractivity contribution < 1.29 is 9.84 Å². The summed E-state index contributed by atoms with van der Waals surface area (Å²) < 4.78 is 5.37. The van der Waals surface area contributed by atoms with Crippen molar-refractivity contribution >= 4 is 0 Å². The summed E-state index contributed by atoms with van der Waals surface area (Å²) in [4.78, 5) is 2.37. The zero-order chi connectivity index (χ0) is 14.7. The van der Waals surface area contributed by atoms with Crippen LogP contribution in [0.2, 0.25) is 0 Å². The third-order valence-electron chi connectivity index (χ3n) is 4.43. The number of hydrogen-bond donors (Lipinski definition) is 1. The fourth-order valence-corrected chi connectivity index (χ4v) is 3.03. The Hall–Kier alpha value is -1.06. The number of ether oxygens (including phenoxy) is 1. The summed E-state index contributed by atoms with van der Waals surface area (Å²) in [7, 11) is 1.66. The van der Waals surface area contributed by atoms with Crippen LogP contribution in [-0.2, 0) is 0 Å². The molecule has 1 heterocycles. The molecule has 0 radical (unpaired) electrons. The van der Waals surface area contributed by atoms with Gasteiger partial charge in [0.1, 0.15) is 5.75 Å². The van der Waals surface area contributed by atoms with Gasteiger partial charge >= 0.3 is 0 Å². The van der Waals surface area contributed by atoms with Gasteiger partial charge in [-0.1, -0.05) is 25.5 Å². The van der Waals surface area contributed by atoms with E-state index in [4.69, 9.17) is 4.74 Å². The smallest absolute Gasteiger partial charge is 0.124 e. The van der Waals surface area contributed by atoms with E-state index in [0.29, 0.717) is 6.54 Å². The molecular weight excluding hydrogens is 250 g/mol. The Kier molecular flexibility index (Phi) is 5.06. The Morgan fingerprint density at radius 1 is 1.40 bits per heavy atom. The van der Waals surface area contributed by atoms with Gasteiger partial charge in [0, 0.05) is 18.7 Å². The normalized spacial score (nSPS) is 21.4. The summed E-state index contributed by atoms with van der Waals surface area (Å²) in [5.41, 5.74) is 2.06. The van der Waals surface area contributed by atoms with Crippen molar-refractivity contribution in [1.82, 2.24) is 4.90 Å². The van der Waals surface area contributed by atoms with Crippen molar-refractivity contribution in [3.63, 3.8) is 0 Å². The number of nitrogens with zero attached hydrogens (tertiary/aromatic N) is 1. The highest BCUT2D eigenvalue weighted by Gasteiger charge is 2.27. The fourth-order valence-electron chi connectivity index (χ4n) is 3.03. The van der Waals surface area contributed by atoms with Crippen LogP contribution in [0.25, 0.3) is 0 Å².